The average molecular weight is 1060 g/mol. The SMILES string of the molecule is COc1ccc(C23C(=O)N(Nc4ccc(Cl)cc4Cl)C(=O)C2CC2C(=CCC4C(=O)N(c5ccc(C=Cc6cc(OC)ccc6OC)cc5)C(=O)C42)C3c2cc(OC)c(O)c(Br)c2Br)cc1. The fraction of sp³-hybridized carbons (Fsp3) is 0.240. The van der Waals surface area contributed by atoms with Crippen molar-refractivity contribution >= 4 is 102 Å². The van der Waals surface area contributed by atoms with E-state index in [4.69, 9.17) is 42.1 Å². The maximum Gasteiger partial charge on any atom is 0.260 e. The van der Waals surface area contributed by atoms with Gasteiger partial charge in [0.05, 0.1) is 72.5 Å². The second-order valence-corrected chi connectivity index (χ2v) is 18.8. The molecule has 2 saturated heterocycles. The number of hydrogen-bond acceptors (Lipinski definition) is 10. The van der Waals surface area contributed by atoms with Crippen molar-refractivity contribution in [1.82, 2.24) is 5.01 Å². The predicted molar refractivity (Wildman–Crippen MR) is 258 cm³/mol. The van der Waals surface area contributed by atoms with Crippen molar-refractivity contribution < 1.29 is 43.2 Å². The molecule has 2 N–H and O–H groups in total. The zero-order chi connectivity index (χ0) is 46.8. The Labute approximate surface area is 407 Å². The van der Waals surface area contributed by atoms with Crippen LogP contribution in [0.15, 0.2) is 112 Å². The molecule has 2 aliphatic carbocycles. The number of imide groups is 2. The number of ether oxygens (including phenoxy) is 4. The van der Waals surface area contributed by atoms with Crippen molar-refractivity contribution in [3.05, 3.63) is 144 Å². The summed E-state index contributed by atoms with van der Waals surface area (Å²) in [7, 11) is 6.14. The molecule has 1 saturated carbocycles. The summed E-state index contributed by atoms with van der Waals surface area (Å²) >= 11 is 20.1. The number of amides is 4. The number of fused-ring (bicyclic) bond motifs is 4. The van der Waals surface area contributed by atoms with E-state index in [0.29, 0.717) is 49.1 Å². The Balaban J connectivity index is 1.16. The highest BCUT2D eigenvalue weighted by Crippen LogP contribution is 2.66. The molecule has 5 aromatic rings. The topological polar surface area (TPSA) is 144 Å². The number of phenols is 1. The summed E-state index contributed by atoms with van der Waals surface area (Å²) in [4.78, 5) is 61.8. The molecule has 4 aliphatic rings. The first-order chi connectivity index (χ1) is 31.8. The van der Waals surface area contributed by atoms with Crippen LogP contribution in [0.1, 0.15) is 41.0 Å². The highest BCUT2D eigenvalue weighted by atomic mass is 79.9. The van der Waals surface area contributed by atoms with E-state index in [2.05, 4.69) is 37.3 Å². The smallest absolute Gasteiger partial charge is 0.260 e. The monoisotopic (exact) mass is 1060 g/mol. The molecular formula is C50H41Br2Cl2N3O9. The number of halogens is 4. The number of allylic oxidation sites excluding steroid dienone is 2. The van der Waals surface area contributed by atoms with Crippen molar-refractivity contribution in [2.75, 3.05) is 38.8 Å². The number of methoxy groups -OCH3 is 4. The summed E-state index contributed by atoms with van der Waals surface area (Å²) in [6.07, 6.45) is 5.99. The number of nitrogens with one attached hydrogen (secondary N) is 1. The number of phenolic OH excluding ortho intramolecular Hbond substituents is 1. The van der Waals surface area contributed by atoms with Crippen LogP contribution in [-0.4, -0.2) is 62.2 Å². The minimum absolute atomic E-state index is 0.0466. The van der Waals surface area contributed by atoms with E-state index in [1.165, 1.54) is 25.2 Å². The Kier molecular flexibility index (Phi) is 12.2. The van der Waals surface area contributed by atoms with Crippen molar-refractivity contribution in [1.29, 1.82) is 0 Å². The van der Waals surface area contributed by atoms with Crippen LogP contribution in [0.2, 0.25) is 10.0 Å². The molecule has 6 unspecified atom stereocenters. The molecule has 66 heavy (non-hydrogen) atoms. The molecule has 2 heterocycles. The molecule has 0 spiro atoms. The van der Waals surface area contributed by atoms with Gasteiger partial charge in [-0.05, 0) is 134 Å². The number of aromatic hydroxyl groups is 1. The van der Waals surface area contributed by atoms with E-state index in [1.807, 2.05) is 48.6 Å². The molecule has 16 heteroatoms. The first-order valence-electron chi connectivity index (χ1n) is 20.8. The van der Waals surface area contributed by atoms with E-state index in [9.17, 15) is 9.90 Å². The summed E-state index contributed by atoms with van der Waals surface area (Å²) < 4.78 is 22.8. The third-order valence-electron chi connectivity index (χ3n) is 13.3. The lowest BCUT2D eigenvalue weighted by molar-refractivity contribution is -0.138. The molecule has 5 aromatic carbocycles. The number of hydrazine groups is 1. The zero-order valence-electron chi connectivity index (χ0n) is 35.8. The third kappa shape index (κ3) is 7.24. The van der Waals surface area contributed by atoms with E-state index < -0.39 is 52.7 Å². The van der Waals surface area contributed by atoms with Crippen LogP contribution in [0.4, 0.5) is 11.4 Å². The molecule has 338 valence electrons. The van der Waals surface area contributed by atoms with E-state index >= 15 is 14.4 Å². The minimum Gasteiger partial charge on any atom is -0.503 e. The van der Waals surface area contributed by atoms with E-state index in [-0.39, 0.29) is 45.4 Å². The van der Waals surface area contributed by atoms with Crippen LogP contribution >= 0.6 is 55.1 Å². The first kappa shape index (κ1) is 45.4. The van der Waals surface area contributed by atoms with E-state index in [0.717, 1.165) is 16.1 Å². The molecule has 0 bridgehead atoms. The number of anilines is 2. The Morgan fingerprint density at radius 1 is 0.742 bits per heavy atom. The second-order valence-electron chi connectivity index (χ2n) is 16.4. The summed E-state index contributed by atoms with van der Waals surface area (Å²) in [5, 5.41) is 12.7. The highest BCUT2D eigenvalue weighted by molar-refractivity contribution is 9.13. The Morgan fingerprint density at radius 2 is 1.44 bits per heavy atom. The number of carbonyl (C=O) groups is 4. The second kappa shape index (κ2) is 17.8. The van der Waals surface area contributed by atoms with Gasteiger partial charge in [0.2, 0.25) is 11.8 Å². The summed E-state index contributed by atoms with van der Waals surface area (Å²) in [5.74, 6) is -4.40. The minimum atomic E-state index is -1.65. The number of hydrogen-bond donors (Lipinski definition) is 2. The van der Waals surface area contributed by atoms with Crippen molar-refractivity contribution in [2.24, 2.45) is 23.7 Å². The highest BCUT2D eigenvalue weighted by Gasteiger charge is 2.70. The van der Waals surface area contributed by atoms with Gasteiger partial charge in [-0.1, -0.05) is 71.3 Å². The van der Waals surface area contributed by atoms with Gasteiger partial charge in [-0.3, -0.25) is 29.5 Å². The normalized spacial score (nSPS) is 23.4. The molecule has 3 fully saturated rings. The van der Waals surface area contributed by atoms with Gasteiger partial charge >= 0.3 is 0 Å². The lowest BCUT2D eigenvalue weighted by atomic mass is 9.49. The van der Waals surface area contributed by atoms with Crippen LogP contribution in [0, 0.1) is 23.7 Å². The van der Waals surface area contributed by atoms with Crippen molar-refractivity contribution in [2.45, 2.75) is 24.2 Å². The van der Waals surface area contributed by atoms with Crippen molar-refractivity contribution in [3.63, 3.8) is 0 Å². The molecule has 0 radical (unpaired) electrons. The summed E-state index contributed by atoms with van der Waals surface area (Å²) in [5.41, 5.74) is 5.37. The molecule has 9 rings (SSSR count). The van der Waals surface area contributed by atoms with Gasteiger partial charge in [0.25, 0.3) is 11.8 Å². The number of nitrogens with zero attached hydrogens (tertiary/aromatic N) is 2. The van der Waals surface area contributed by atoms with Crippen LogP contribution in [-0.2, 0) is 24.6 Å². The van der Waals surface area contributed by atoms with Gasteiger partial charge < -0.3 is 24.1 Å². The van der Waals surface area contributed by atoms with Crippen LogP contribution < -0.4 is 29.3 Å². The largest absolute Gasteiger partial charge is 0.503 e. The van der Waals surface area contributed by atoms with Gasteiger partial charge in [0, 0.05) is 21.0 Å². The standard InChI is InChI=1S/C50H41Br2Cl2N3O9/c1-63-30-14-9-27(10-15-30)50-36(47(60)57(49(50)62)55-38-19-11-28(53)22-37(38)54)23-34-32(42(50)35-24-40(66-4)45(58)44(52)43(35)51)17-18-33-41(34)48(61)56(46(33)59)29-12-6-25(7-13-29)5-8-26-21-31(64-2)16-20-39(26)65-3/h5-17,19-22,24,33-34,36,41-42,55,58H,18,23H2,1-4H3. The number of benzene rings is 5. The quantitative estimate of drug-likeness (QED) is 0.0745. The maximum absolute atomic E-state index is 15.7. The Bertz CT molecular complexity index is 2890. The summed E-state index contributed by atoms with van der Waals surface area (Å²) in [6, 6.07) is 26.0. The van der Waals surface area contributed by atoms with Crippen LogP contribution in [0.3, 0.4) is 0 Å². The molecular weight excluding hydrogens is 1020 g/mol. The fourth-order valence-electron chi connectivity index (χ4n) is 10.3. The van der Waals surface area contributed by atoms with Gasteiger partial charge in [-0.25, -0.2) is 0 Å². The lowest BCUT2D eigenvalue weighted by Crippen LogP contribution is -2.53. The van der Waals surface area contributed by atoms with E-state index in [1.54, 1.807) is 68.8 Å². The molecule has 12 nitrogen and oxygen atoms in total. The molecule has 6 atom stereocenters. The lowest BCUT2D eigenvalue weighted by Gasteiger charge is -2.51. The van der Waals surface area contributed by atoms with Crippen LogP contribution in [0.25, 0.3) is 12.2 Å². The Hall–Kier alpha value is -5.80. The Morgan fingerprint density at radius 3 is 2.11 bits per heavy atom. The zero-order valence-corrected chi connectivity index (χ0v) is 40.5. The fourth-order valence-corrected chi connectivity index (χ4v) is 11.7. The maximum atomic E-state index is 15.7. The van der Waals surface area contributed by atoms with Gasteiger partial charge in [-0.2, -0.15) is 5.01 Å². The van der Waals surface area contributed by atoms with Crippen molar-refractivity contribution in [3.8, 4) is 28.7 Å². The third-order valence-corrected chi connectivity index (χ3v) is 16.0. The average Bonchev–Trinajstić information content (AvgIpc) is 3.71. The molecule has 0 aromatic heterocycles. The number of rotatable bonds is 11. The van der Waals surface area contributed by atoms with Crippen LogP contribution in [0.5, 0.6) is 28.7 Å². The van der Waals surface area contributed by atoms with Gasteiger partial charge in [0.15, 0.2) is 11.5 Å². The first-order valence-corrected chi connectivity index (χ1v) is 23.2. The summed E-state index contributed by atoms with van der Waals surface area (Å²) in [6.45, 7) is 0. The predicted octanol–water partition coefficient (Wildman–Crippen LogP) is 10.6. The number of carbonyl (C=O) groups excluding carboxylic acids is 4. The van der Waals surface area contributed by atoms with Gasteiger partial charge in [0.1, 0.15) is 17.2 Å². The molecule has 2 aliphatic heterocycles. The van der Waals surface area contributed by atoms with Gasteiger partial charge in [-0.15, -0.1) is 0 Å². The molecule has 4 amide bonds.